The molecule has 1 aliphatic heterocycles. The molecule has 1 aromatic rings. The van der Waals surface area contributed by atoms with E-state index < -0.39 is 0 Å². The number of hydrogen-bond donors (Lipinski definition) is 0. The fourth-order valence-corrected chi connectivity index (χ4v) is 3.73. The fourth-order valence-electron chi connectivity index (χ4n) is 1.96. The van der Waals surface area contributed by atoms with Gasteiger partial charge in [0, 0.05) is 29.8 Å². The summed E-state index contributed by atoms with van der Waals surface area (Å²) in [5.74, 6) is 0.991. The van der Waals surface area contributed by atoms with Gasteiger partial charge in [0.05, 0.1) is 4.99 Å². The van der Waals surface area contributed by atoms with Crippen molar-refractivity contribution in [2.45, 2.75) is 24.3 Å². The topological polar surface area (TPSA) is 16.1 Å². The van der Waals surface area contributed by atoms with Gasteiger partial charge in [-0.3, -0.25) is 4.98 Å². The maximum atomic E-state index is 5.42. The predicted molar refractivity (Wildman–Crippen MR) is 66.9 cm³/mol. The molecule has 78 valence electrons. The Labute approximate surface area is 99.1 Å². The second-order valence-corrected chi connectivity index (χ2v) is 5.52. The molecule has 1 atom stereocenters. The van der Waals surface area contributed by atoms with Crippen LogP contribution in [0, 0.1) is 0 Å². The third-order valence-electron chi connectivity index (χ3n) is 2.82. The molecule has 3 rings (SSSR count). The molecule has 1 aromatic heterocycles. The molecule has 0 aromatic carbocycles. The van der Waals surface area contributed by atoms with Gasteiger partial charge in [0.25, 0.3) is 0 Å². The number of aromatic nitrogens is 1. The summed E-state index contributed by atoms with van der Waals surface area (Å²) in [7, 11) is 0. The molecule has 1 saturated carbocycles. The second-order valence-electron chi connectivity index (χ2n) is 3.98. The maximum absolute atomic E-state index is 5.42. The van der Waals surface area contributed by atoms with Gasteiger partial charge in [0.1, 0.15) is 5.37 Å². The number of pyridine rings is 1. The van der Waals surface area contributed by atoms with Gasteiger partial charge in [0.2, 0.25) is 0 Å². The summed E-state index contributed by atoms with van der Waals surface area (Å²) in [6.45, 7) is 0. The van der Waals surface area contributed by atoms with Gasteiger partial charge < -0.3 is 4.90 Å². The average molecular weight is 236 g/mol. The summed E-state index contributed by atoms with van der Waals surface area (Å²) >= 11 is 7.34. The molecular formula is C11H12N2S2. The summed E-state index contributed by atoms with van der Waals surface area (Å²) < 4.78 is 0. The molecule has 2 nitrogen and oxygen atoms in total. The Morgan fingerprint density at radius 3 is 3.00 bits per heavy atom. The molecule has 2 fully saturated rings. The van der Waals surface area contributed by atoms with Gasteiger partial charge in [-0.2, -0.15) is 0 Å². The van der Waals surface area contributed by atoms with Crippen LogP contribution in [-0.2, 0) is 0 Å². The number of hydrogen-bond acceptors (Lipinski definition) is 3. The van der Waals surface area contributed by atoms with E-state index in [1.54, 1.807) is 0 Å². The van der Waals surface area contributed by atoms with Crippen LogP contribution in [0.5, 0.6) is 0 Å². The van der Waals surface area contributed by atoms with E-state index in [-0.39, 0.29) is 0 Å². The van der Waals surface area contributed by atoms with Crippen molar-refractivity contribution in [2.75, 3.05) is 5.75 Å². The lowest BCUT2D eigenvalue weighted by Crippen LogP contribution is -2.29. The quantitative estimate of drug-likeness (QED) is 0.733. The molecule has 1 unspecified atom stereocenters. The van der Waals surface area contributed by atoms with Crippen molar-refractivity contribution in [1.82, 2.24) is 9.88 Å². The van der Waals surface area contributed by atoms with Crippen LogP contribution >= 0.6 is 24.0 Å². The van der Waals surface area contributed by atoms with Gasteiger partial charge >= 0.3 is 0 Å². The zero-order chi connectivity index (χ0) is 10.3. The first-order valence-electron chi connectivity index (χ1n) is 5.19. The lowest BCUT2D eigenvalue weighted by Gasteiger charge is -2.25. The van der Waals surface area contributed by atoms with Crippen molar-refractivity contribution in [3.8, 4) is 0 Å². The van der Waals surface area contributed by atoms with Gasteiger partial charge in [-0.05, 0) is 18.9 Å². The van der Waals surface area contributed by atoms with E-state index in [1.165, 1.54) is 18.4 Å². The van der Waals surface area contributed by atoms with Crippen LogP contribution < -0.4 is 0 Å². The van der Waals surface area contributed by atoms with Crippen molar-refractivity contribution in [3.05, 3.63) is 30.1 Å². The Morgan fingerprint density at radius 2 is 2.33 bits per heavy atom. The number of nitrogens with zero attached hydrogens (tertiary/aromatic N) is 2. The number of thioether (sulfide) groups is 1. The minimum absolute atomic E-state index is 0.415. The molecule has 1 aliphatic carbocycles. The first-order chi connectivity index (χ1) is 7.36. The molecule has 4 heteroatoms. The monoisotopic (exact) mass is 236 g/mol. The summed E-state index contributed by atoms with van der Waals surface area (Å²) in [6, 6.07) is 4.86. The molecule has 2 heterocycles. The van der Waals surface area contributed by atoms with Gasteiger partial charge in [-0.1, -0.05) is 18.3 Å². The van der Waals surface area contributed by atoms with Crippen molar-refractivity contribution < 1.29 is 0 Å². The third-order valence-corrected chi connectivity index (χ3v) is 4.61. The summed E-state index contributed by atoms with van der Waals surface area (Å²) in [5, 5.41) is 0.415. The summed E-state index contributed by atoms with van der Waals surface area (Å²) in [6.07, 6.45) is 6.39. The lowest BCUT2D eigenvalue weighted by molar-refractivity contribution is 0.408. The van der Waals surface area contributed by atoms with Crippen LogP contribution in [0.3, 0.4) is 0 Å². The van der Waals surface area contributed by atoms with E-state index in [9.17, 15) is 0 Å². The van der Waals surface area contributed by atoms with Crippen LogP contribution in [0.25, 0.3) is 0 Å². The standard InChI is InChI=1S/C11H12N2S2/c14-10-7-15-11(13(10)9-3-4-9)8-2-1-5-12-6-8/h1-2,5-6,9,11H,3-4,7H2. The van der Waals surface area contributed by atoms with E-state index >= 15 is 0 Å². The molecule has 0 bridgehead atoms. The molecule has 0 amide bonds. The van der Waals surface area contributed by atoms with Crippen molar-refractivity contribution in [1.29, 1.82) is 0 Å². The largest absolute Gasteiger partial charge is 0.346 e. The van der Waals surface area contributed by atoms with E-state index in [0.717, 1.165) is 10.7 Å². The molecular weight excluding hydrogens is 224 g/mol. The Hall–Kier alpha value is -0.610. The van der Waals surface area contributed by atoms with E-state index in [1.807, 2.05) is 30.2 Å². The van der Waals surface area contributed by atoms with Crippen LogP contribution in [0.2, 0.25) is 0 Å². The Balaban J connectivity index is 1.89. The van der Waals surface area contributed by atoms with Gasteiger partial charge in [-0.15, -0.1) is 11.8 Å². The van der Waals surface area contributed by atoms with Crippen LogP contribution in [0.4, 0.5) is 0 Å². The van der Waals surface area contributed by atoms with Crippen LogP contribution in [-0.4, -0.2) is 26.7 Å². The Morgan fingerprint density at radius 1 is 1.47 bits per heavy atom. The molecule has 15 heavy (non-hydrogen) atoms. The van der Waals surface area contributed by atoms with Crippen molar-refractivity contribution in [2.24, 2.45) is 0 Å². The minimum Gasteiger partial charge on any atom is -0.346 e. The first kappa shape index (κ1) is 9.60. The number of rotatable bonds is 2. The van der Waals surface area contributed by atoms with Crippen LogP contribution in [0.15, 0.2) is 24.5 Å². The van der Waals surface area contributed by atoms with Crippen molar-refractivity contribution >= 4 is 29.0 Å². The summed E-state index contributed by atoms with van der Waals surface area (Å²) in [4.78, 5) is 7.72. The molecule has 0 N–H and O–H groups in total. The highest BCUT2D eigenvalue weighted by Gasteiger charge is 2.40. The Kier molecular flexibility index (Phi) is 2.41. The van der Waals surface area contributed by atoms with Crippen molar-refractivity contribution in [3.63, 3.8) is 0 Å². The van der Waals surface area contributed by atoms with E-state index in [0.29, 0.717) is 11.4 Å². The Bertz CT molecular complexity index is 375. The second kappa shape index (κ2) is 3.76. The molecule has 0 radical (unpaired) electrons. The highest BCUT2D eigenvalue weighted by molar-refractivity contribution is 8.02. The maximum Gasteiger partial charge on any atom is 0.103 e. The van der Waals surface area contributed by atoms with Gasteiger partial charge in [-0.25, -0.2) is 0 Å². The van der Waals surface area contributed by atoms with Gasteiger partial charge in [0.15, 0.2) is 0 Å². The fraction of sp³-hybridized carbons (Fsp3) is 0.455. The minimum atomic E-state index is 0.415. The normalized spacial score (nSPS) is 26.0. The smallest absolute Gasteiger partial charge is 0.103 e. The van der Waals surface area contributed by atoms with E-state index in [4.69, 9.17) is 12.2 Å². The average Bonchev–Trinajstić information content (AvgIpc) is 3.03. The van der Waals surface area contributed by atoms with Crippen LogP contribution in [0.1, 0.15) is 23.8 Å². The first-order valence-corrected chi connectivity index (χ1v) is 6.64. The zero-order valence-corrected chi connectivity index (χ0v) is 9.93. The zero-order valence-electron chi connectivity index (χ0n) is 8.30. The number of thiocarbonyl (C=S) groups is 1. The summed E-state index contributed by atoms with van der Waals surface area (Å²) in [5.41, 5.74) is 1.29. The SMILES string of the molecule is S=C1CSC(c2cccnc2)N1C1CC1. The molecule has 2 aliphatic rings. The highest BCUT2D eigenvalue weighted by atomic mass is 32.2. The lowest BCUT2D eigenvalue weighted by atomic mass is 10.2. The predicted octanol–water partition coefficient (Wildman–Crippen LogP) is 2.62. The molecule has 0 spiro atoms. The third kappa shape index (κ3) is 1.76. The highest BCUT2D eigenvalue weighted by Crippen LogP contribution is 2.45. The van der Waals surface area contributed by atoms with E-state index in [2.05, 4.69) is 16.0 Å². The molecule has 1 saturated heterocycles.